The van der Waals surface area contributed by atoms with Crippen molar-refractivity contribution < 1.29 is 9.59 Å². The number of nitrogens with zero attached hydrogens (tertiary/aromatic N) is 5. The third-order valence-electron chi connectivity index (χ3n) is 5.00. The molecule has 154 valence electrons. The maximum absolute atomic E-state index is 13.2. The molecule has 0 saturated carbocycles. The molecule has 1 aromatic carbocycles. The van der Waals surface area contributed by atoms with Gasteiger partial charge in [0.2, 0.25) is 5.91 Å². The molecular weight excluding hydrogens is 422 g/mol. The number of pyridine rings is 1. The lowest BCUT2D eigenvalue weighted by Crippen LogP contribution is -2.41. The molecule has 1 saturated heterocycles. The third-order valence-corrected chi connectivity index (χ3v) is 6.54. The van der Waals surface area contributed by atoms with Crippen molar-refractivity contribution >= 4 is 35.2 Å². The van der Waals surface area contributed by atoms with E-state index in [9.17, 15) is 9.59 Å². The number of imide groups is 1. The Morgan fingerprint density at radius 3 is 2.57 bits per heavy atom. The zero-order chi connectivity index (χ0) is 21.1. The van der Waals surface area contributed by atoms with Crippen molar-refractivity contribution in [2.45, 2.75) is 29.7 Å². The van der Waals surface area contributed by atoms with Crippen LogP contribution in [0.2, 0.25) is 5.02 Å². The summed E-state index contributed by atoms with van der Waals surface area (Å²) in [5.74, 6) is 0.223. The van der Waals surface area contributed by atoms with Crippen LogP contribution < -0.4 is 0 Å². The van der Waals surface area contributed by atoms with Crippen LogP contribution in [-0.4, -0.2) is 48.3 Å². The molecule has 0 spiro atoms. The highest BCUT2D eigenvalue weighted by Crippen LogP contribution is 2.31. The molecule has 1 atom stereocenters. The van der Waals surface area contributed by atoms with Crippen LogP contribution in [0.25, 0.3) is 11.4 Å². The van der Waals surface area contributed by atoms with Crippen LogP contribution in [0.5, 0.6) is 0 Å². The Labute approximate surface area is 183 Å². The first-order valence-corrected chi connectivity index (χ1v) is 10.9. The van der Waals surface area contributed by atoms with Gasteiger partial charge < -0.3 is 4.57 Å². The second-order valence-electron chi connectivity index (χ2n) is 7.01. The van der Waals surface area contributed by atoms with Crippen LogP contribution in [0.15, 0.2) is 53.9 Å². The van der Waals surface area contributed by atoms with Crippen molar-refractivity contribution in [2.75, 3.05) is 6.54 Å². The van der Waals surface area contributed by atoms with Gasteiger partial charge in [-0.3, -0.25) is 19.5 Å². The van der Waals surface area contributed by atoms with Gasteiger partial charge in [0.15, 0.2) is 11.0 Å². The normalized spacial score (nSPS) is 17.1. The van der Waals surface area contributed by atoms with Crippen molar-refractivity contribution in [1.29, 1.82) is 0 Å². The number of rotatable bonds is 4. The fourth-order valence-corrected chi connectivity index (χ4v) is 4.59. The van der Waals surface area contributed by atoms with Gasteiger partial charge in [0.05, 0.1) is 5.25 Å². The van der Waals surface area contributed by atoms with Gasteiger partial charge in [-0.1, -0.05) is 29.8 Å². The Kier molecular flexibility index (Phi) is 6.15. The molecule has 3 heterocycles. The van der Waals surface area contributed by atoms with Crippen molar-refractivity contribution in [3.8, 4) is 11.4 Å². The highest BCUT2D eigenvalue weighted by Gasteiger charge is 2.33. The SMILES string of the molecule is Cn1c(SC2CCCCN(C(=O)c3ccc(Cl)cc3)C2=O)nnc1-c1ccncc1. The van der Waals surface area contributed by atoms with E-state index in [1.54, 1.807) is 36.7 Å². The molecular formula is C21H20ClN5O2S. The lowest BCUT2D eigenvalue weighted by molar-refractivity contribution is -0.127. The van der Waals surface area contributed by atoms with E-state index in [0.29, 0.717) is 34.5 Å². The summed E-state index contributed by atoms with van der Waals surface area (Å²) in [5.41, 5.74) is 1.36. The molecule has 0 bridgehead atoms. The summed E-state index contributed by atoms with van der Waals surface area (Å²) in [6, 6.07) is 10.3. The van der Waals surface area contributed by atoms with Gasteiger partial charge in [-0.05, 0) is 49.2 Å². The fraction of sp³-hybridized carbons (Fsp3) is 0.286. The number of aromatic nitrogens is 4. The van der Waals surface area contributed by atoms with Crippen LogP contribution >= 0.6 is 23.4 Å². The molecule has 2 amide bonds. The van der Waals surface area contributed by atoms with Gasteiger partial charge in [0.25, 0.3) is 5.91 Å². The second kappa shape index (κ2) is 8.97. The van der Waals surface area contributed by atoms with Crippen molar-refractivity contribution in [3.05, 3.63) is 59.4 Å². The lowest BCUT2D eigenvalue weighted by atomic mass is 10.2. The number of thioether (sulfide) groups is 1. The van der Waals surface area contributed by atoms with Gasteiger partial charge in [-0.2, -0.15) is 0 Å². The van der Waals surface area contributed by atoms with Gasteiger partial charge >= 0.3 is 0 Å². The fourth-order valence-electron chi connectivity index (χ4n) is 3.36. The molecule has 1 fully saturated rings. The standard InChI is InChI=1S/C21H20ClN5O2S/c1-26-18(14-9-11-23-12-10-14)24-25-21(26)30-17-4-2-3-13-27(20(17)29)19(28)15-5-7-16(22)8-6-15/h5-12,17H,2-4,13H2,1H3. The number of halogens is 1. The van der Waals surface area contributed by atoms with Gasteiger partial charge in [0, 0.05) is 42.1 Å². The average Bonchev–Trinajstić information content (AvgIpc) is 3.02. The molecule has 2 aromatic heterocycles. The first kappa shape index (κ1) is 20.6. The molecule has 0 radical (unpaired) electrons. The zero-order valence-corrected chi connectivity index (χ0v) is 17.9. The topological polar surface area (TPSA) is 81.0 Å². The summed E-state index contributed by atoms with van der Waals surface area (Å²) >= 11 is 7.27. The molecule has 9 heteroatoms. The molecule has 4 rings (SSSR count). The van der Waals surface area contributed by atoms with E-state index in [1.807, 2.05) is 23.7 Å². The maximum Gasteiger partial charge on any atom is 0.260 e. The summed E-state index contributed by atoms with van der Waals surface area (Å²) in [5, 5.41) is 9.34. The maximum atomic E-state index is 13.2. The van der Waals surface area contributed by atoms with Crippen LogP contribution in [0.3, 0.4) is 0 Å². The number of carbonyl (C=O) groups excluding carboxylic acids is 2. The third kappa shape index (κ3) is 4.24. The number of hydrogen-bond acceptors (Lipinski definition) is 6. The monoisotopic (exact) mass is 441 g/mol. The van der Waals surface area contributed by atoms with Gasteiger partial charge in [-0.15, -0.1) is 10.2 Å². The molecule has 30 heavy (non-hydrogen) atoms. The number of carbonyl (C=O) groups is 2. The van der Waals surface area contributed by atoms with Crippen LogP contribution in [-0.2, 0) is 11.8 Å². The van der Waals surface area contributed by atoms with Crippen LogP contribution in [0, 0.1) is 0 Å². The summed E-state index contributed by atoms with van der Waals surface area (Å²) < 4.78 is 1.86. The van der Waals surface area contributed by atoms with Crippen LogP contribution in [0.1, 0.15) is 29.6 Å². The van der Waals surface area contributed by atoms with E-state index >= 15 is 0 Å². The summed E-state index contributed by atoms with van der Waals surface area (Å²) in [6.45, 7) is 0.415. The van der Waals surface area contributed by atoms with Gasteiger partial charge in [0.1, 0.15) is 0 Å². The van der Waals surface area contributed by atoms with E-state index in [2.05, 4.69) is 15.2 Å². The first-order chi connectivity index (χ1) is 14.5. The zero-order valence-electron chi connectivity index (χ0n) is 16.4. The van der Waals surface area contributed by atoms with E-state index in [0.717, 1.165) is 18.4 Å². The summed E-state index contributed by atoms with van der Waals surface area (Å²) in [7, 11) is 1.87. The predicted molar refractivity (Wildman–Crippen MR) is 115 cm³/mol. The molecule has 1 aliphatic heterocycles. The molecule has 1 unspecified atom stereocenters. The number of amides is 2. The summed E-state index contributed by atoms with van der Waals surface area (Å²) in [6.07, 6.45) is 5.73. The van der Waals surface area contributed by atoms with E-state index < -0.39 is 5.25 Å². The van der Waals surface area contributed by atoms with Gasteiger partial charge in [-0.25, -0.2) is 0 Å². The minimum atomic E-state index is -0.392. The average molecular weight is 442 g/mol. The Bertz CT molecular complexity index is 1060. The molecule has 0 aliphatic carbocycles. The Morgan fingerprint density at radius 2 is 1.83 bits per heavy atom. The van der Waals surface area contributed by atoms with Crippen molar-refractivity contribution in [2.24, 2.45) is 7.05 Å². The Morgan fingerprint density at radius 1 is 1.10 bits per heavy atom. The Balaban J connectivity index is 1.54. The highest BCUT2D eigenvalue weighted by atomic mass is 35.5. The molecule has 3 aromatic rings. The largest absolute Gasteiger partial charge is 0.305 e. The first-order valence-electron chi connectivity index (χ1n) is 9.62. The van der Waals surface area contributed by atoms with Crippen molar-refractivity contribution in [1.82, 2.24) is 24.6 Å². The molecule has 7 nitrogen and oxygen atoms in total. The van der Waals surface area contributed by atoms with E-state index in [-0.39, 0.29) is 11.8 Å². The van der Waals surface area contributed by atoms with E-state index in [4.69, 9.17) is 11.6 Å². The number of benzene rings is 1. The minimum Gasteiger partial charge on any atom is -0.305 e. The minimum absolute atomic E-state index is 0.189. The number of hydrogen-bond donors (Lipinski definition) is 0. The Hall–Kier alpha value is -2.71. The predicted octanol–water partition coefficient (Wildman–Crippen LogP) is 3.84. The van der Waals surface area contributed by atoms with Crippen LogP contribution in [0.4, 0.5) is 0 Å². The van der Waals surface area contributed by atoms with Crippen molar-refractivity contribution in [3.63, 3.8) is 0 Å². The quantitative estimate of drug-likeness (QED) is 0.572. The highest BCUT2D eigenvalue weighted by molar-refractivity contribution is 8.00. The summed E-state index contributed by atoms with van der Waals surface area (Å²) in [4.78, 5) is 31.5. The molecule has 1 aliphatic rings. The second-order valence-corrected chi connectivity index (χ2v) is 8.61. The lowest BCUT2D eigenvalue weighted by Gasteiger charge is -2.22. The van der Waals surface area contributed by atoms with E-state index in [1.165, 1.54) is 16.7 Å². The number of likely N-dealkylation sites (tertiary alicyclic amines) is 1. The smallest absolute Gasteiger partial charge is 0.260 e. The molecule has 0 N–H and O–H groups in total.